The molecule has 51 heavy (non-hydrogen) atoms. The number of carboxylic acid groups (broad SMARTS) is 1. The molecular weight excluding hydrogens is 697 g/mol. The summed E-state index contributed by atoms with van der Waals surface area (Å²) in [6.45, 7) is -0.0808. The van der Waals surface area contributed by atoms with Crippen molar-refractivity contribution in [1.29, 1.82) is 0 Å². The van der Waals surface area contributed by atoms with Crippen LogP contribution < -0.4 is 4.72 Å². The fraction of sp³-hybridized carbons (Fsp3) is 0.175. The highest BCUT2D eigenvalue weighted by molar-refractivity contribution is 7.89. The monoisotopic (exact) mass is 730 g/mol. The first-order valence-electron chi connectivity index (χ1n) is 16.3. The first-order chi connectivity index (χ1) is 24.4. The molecule has 0 fully saturated rings. The number of halogens is 4. The van der Waals surface area contributed by atoms with Gasteiger partial charge in [-0.15, -0.1) is 0 Å². The Bertz CT molecular complexity index is 2220. The lowest BCUT2D eigenvalue weighted by atomic mass is 9.97. The van der Waals surface area contributed by atoms with Crippen LogP contribution in [0.1, 0.15) is 56.3 Å². The molecule has 0 saturated heterocycles. The molecule has 0 bridgehead atoms. The van der Waals surface area contributed by atoms with Crippen LogP contribution in [0.3, 0.4) is 0 Å². The Balaban J connectivity index is 1.42. The van der Waals surface area contributed by atoms with Gasteiger partial charge in [-0.2, -0.15) is 13.2 Å². The van der Waals surface area contributed by atoms with Crippen molar-refractivity contribution in [1.82, 2.24) is 9.29 Å². The van der Waals surface area contributed by atoms with E-state index in [0.29, 0.717) is 30.4 Å². The normalized spacial score (nSPS) is 12.1. The second-order valence-corrected chi connectivity index (χ2v) is 14.4. The summed E-state index contributed by atoms with van der Waals surface area (Å²) in [6, 6.07) is 35.8. The van der Waals surface area contributed by atoms with Crippen molar-refractivity contribution in [2.75, 3.05) is 6.54 Å². The molecule has 6 rings (SSSR count). The second-order valence-electron chi connectivity index (χ2n) is 12.2. The van der Waals surface area contributed by atoms with Crippen LogP contribution in [0.4, 0.5) is 13.2 Å². The number of carbonyl (C=O) groups is 1. The van der Waals surface area contributed by atoms with Gasteiger partial charge in [-0.1, -0.05) is 90.5 Å². The molecule has 5 aromatic carbocycles. The predicted molar refractivity (Wildman–Crippen MR) is 193 cm³/mol. The van der Waals surface area contributed by atoms with E-state index in [0.717, 1.165) is 57.0 Å². The van der Waals surface area contributed by atoms with Crippen molar-refractivity contribution in [3.05, 3.63) is 171 Å². The Labute approximate surface area is 299 Å². The molecule has 0 spiro atoms. The zero-order chi connectivity index (χ0) is 36.2. The number of aromatic carboxylic acids is 1. The SMILES string of the molecule is O=C(O)c1ccc(CCCc2c(CCNS(=O)(=O)c3cccc(C(F)(F)F)c3)n(C(c3ccccc3)c3ccccc3)c3ccc(Cl)cc23)cc1. The maximum absolute atomic E-state index is 13.4. The second kappa shape index (κ2) is 15.1. The fourth-order valence-electron chi connectivity index (χ4n) is 6.52. The summed E-state index contributed by atoms with van der Waals surface area (Å²) in [6.07, 6.45) is -2.51. The van der Waals surface area contributed by atoms with E-state index in [1.807, 2.05) is 78.9 Å². The number of sulfonamides is 1. The topological polar surface area (TPSA) is 88.4 Å². The zero-order valence-corrected chi connectivity index (χ0v) is 28.8. The number of aryl methyl sites for hydroxylation is 2. The van der Waals surface area contributed by atoms with Crippen molar-refractivity contribution >= 4 is 38.5 Å². The van der Waals surface area contributed by atoms with Gasteiger partial charge in [-0.3, -0.25) is 0 Å². The van der Waals surface area contributed by atoms with Crippen molar-refractivity contribution < 1.29 is 31.5 Å². The highest BCUT2D eigenvalue weighted by atomic mass is 35.5. The molecule has 0 atom stereocenters. The zero-order valence-electron chi connectivity index (χ0n) is 27.3. The Morgan fingerprint density at radius 1 is 0.784 bits per heavy atom. The largest absolute Gasteiger partial charge is 0.478 e. The molecule has 6 nitrogen and oxygen atoms in total. The number of nitrogens with one attached hydrogen (secondary N) is 1. The number of nitrogens with zero attached hydrogens (tertiary/aromatic N) is 1. The van der Waals surface area contributed by atoms with Gasteiger partial charge in [-0.05, 0) is 90.0 Å². The van der Waals surface area contributed by atoms with E-state index in [1.165, 1.54) is 0 Å². The smallest absolute Gasteiger partial charge is 0.416 e. The van der Waals surface area contributed by atoms with Crippen molar-refractivity contribution in [2.24, 2.45) is 0 Å². The number of hydrogen-bond donors (Lipinski definition) is 2. The number of hydrogen-bond acceptors (Lipinski definition) is 3. The molecule has 0 aliphatic carbocycles. The molecule has 262 valence electrons. The third-order valence-corrected chi connectivity index (χ3v) is 10.6. The molecule has 6 aromatic rings. The van der Waals surface area contributed by atoms with Crippen LogP contribution in [0.5, 0.6) is 0 Å². The molecule has 0 radical (unpaired) electrons. The van der Waals surface area contributed by atoms with Gasteiger partial charge in [0.25, 0.3) is 0 Å². The molecule has 1 aromatic heterocycles. The van der Waals surface area contributed by atoms with E-state index in [4.69, 9.17) is 11.6 Å². The van der Waals surface area contributed by atoms with Crippen molar-refractivity contribution in [3.8, 4) is 0 Å². The van der Waals surface area contributed by atoms with Gasteiger partial charge in [0, 0.05) is 34.6 Å². The van der Waals surface area contributed by atoms with Crippen LogP contribution >= 0.6 is 11.6 Å². The predicted octanol–water partition coefficient (Wildman–Crippen LogP) is 9.35. The summed E-state index contributed by atoms with van der Waals surface area (Å²) in [7, 11) is -4.29. The van der Waals surface area contributed by atoms with E-state index >= 15 is 0 Å². The van der Waals surface area contributed by atoms with Crippen LogP contribution in [-0.2, 0) is 35.5 Å². The van der Waals surface area contributed by atoms with Gasteiger partial charge >= 0.3 is 12.1 Å². The minimum atomic E-state index is -4.69. The summed E-state index contributed by atoms with van der Waals surface area (Å²) in [5.41, 5.74) is 4.88. The van der Waals surface area contributed by atoms with Crippen LogP contribution in [0.25, 0.3) is 10.9 Å². The van der Waals surface area contributed by atoms with E-state index in [1.54, 1.807) is 24.3 Å². The Hall–Kier alpha value is -4.90. The van der Waals surface area contributed by atoms with Gasteiger partial charge in [0.2, 0.25) is 10.0 Å². The van der Waals surface area contributed by atoms with Gasteiger partial charge in [0.05, 0.1) is 22.1 Å². The number of alkyl halides is 3. The van der Waals surface area contributed by atoms with E-state index in [9.17, 15) is 31.5 Å². The molecule has 2 N–H and O–H groups in total. The van der Waals surface area contributed by atoms with Crippen LogP contribution in [-0.4, -0.2) is 30.6 Å². The number of fused-ring (bicyclic) bond motifs is 1. The van der Waals surface area contributed by atoms with Crippen LogP contribution in [0, 0.1) is 0 Å². The Kier molecular flexibility index (Phi) is 10.7. The Morgan fingerprint density at radius 2 is 1.43 bits per heavy atom. The lowest BCUT2D eigenvalue weighted by molar-refractivity contribution is -0.137. The fourth-order valence-corrected chi connectivity index (χ4v) is 7.77. The van der Waals surface area contributed by atoms with Crippen molar-refractivity contribution in [2.45, 2.75) is 42.8 Å². The minimum Gasteiger partial charge on any atom is -0.478 e. The number of carboxylic acids is 1. The quantitative estimate of drug-likeness (QED) is 0.124. The maximum Gasteiger partial charge on any atom is 0.416 e. The summed E-state index contributed by atoms with van der Waals surface area (Å²) in [5, 5.41) is 10.7. The molecule has 0 saturated carbocycles. The van der Waals surface area contributed by atoms with Crippen molar-refractivity contribution in [3.63, 3.8) is 0 Å². The summed E-state index contributed by atoms with van der Waals surface area (Å²) in [5.74, 6) is -0.994. The molecule has 11 heteroatoms. The number of rotatable bonds is 13. The third kappa shape index (κ3) is 8.20. The van der Waals surface area contributed by atoms with Gasteiger partial charge < -0.3 is 9.67 Å². The average Bonchev–Trinajstić information content (AvgIpc) is 3.40. The molecule has 0 amide bonds. The molecular formula is C40H34ClF3N2O4S. The number of benzene rings is 5. The molecule has 0 aliphatic heterocycles. The van der Waals surface area contributed by atoms with E-state index < -0.39 is 32.6 Å². The minimum absolute atomic E-state index is 0.0808. The first kappa shape index (κ1) is 35.9. The lowest BCUT2D eigenvalue weighted by Crippen LogP contribution is -2.27. The molecule has 0 aliphatic rings. The first-order valence-corrected chi connectivity index (χ1v) is 18.2. The number of aromatic nitrogens is 1. The summed E-state index contributed by atoms with van der Waals surface area (Å²) < 4.78 is 71.6. The highest BCUT2D eigenvalue weighted by Crippen LogP contribution is 2.38. The lowest BCUT2D eigenvalue weighted by Gasteiger charge is -2.25. The van der Waals surface area contributed by atoms with E-state index in [-0.39, 0.29) is 24.6 Å². The third-order valence-electron chi connectivity index (χ3n) is 8.89. The van der Waals surface area contributed by atoms with E-state index in [2.05, 4.69) is 9.29 Å². The average molecular weight is 731 g/mol. The van der Waals surface area contributed by atoms with Gasteiger partial charge in [0.15, 0.2) is 0 Å². The van der Waals surface area contributed by atoms with Gasteiger partial charge in [0.1, 0.15) is 0 Å². The van der Waals surface area contributed by atoms with Gasteiger partial charge in [-0.25, -0.2) is 17.9 Å². The Morgan fingerprint density at radius 3 is 2.04 bits per heavy atom. The molecule has 1 heterocycles. The van der Waals surface area contributed by atoms with Crippen LogP contribution in [0.2, 0.25) is 5.02 Å². The molecule has 0 unspecified atom stereocenters. The summed E-state index contributed by atoms with van der Waals surface area (Å²) in [4.78, 5) is 10.9. The van der Waals surface area contributed by atoms with Crippen LogP contribution in [0.15, 0.2) is 132 Å². The standard InChI is InChI=1S/C40H34ClF3N2O4S/c41-32-21-22-36-35(26-32)34(16-7-9-27-17-19-30(20-18-27)39(47)48)37(23-24-45-51(49,50)33-15-8-14-31(25-33)40(42,43)44)46(36)38(28-10-3-1-4-11-28)29-12-5-2-6-13-29/h1-6,8,10-15,17-22,25-26,38,45H,7,9,16,23-24H2,(H,47,48). The maximum atomic E-state index is 13.4. The highest BCUT2D eigenvalue weighted by Gasteiger charge is 2.32. The summed E-state index contributed by atoms with van der Waals surface area (Å²) >= 11 is 6.58.